The molecule has 1 rings (SSSR count). The van der Waals surface area contributed by atoms with Crippen LogP contribution in [0, 0.1) is 0 Å². The third kappa shape index (κ3) is 4.15. The van der Waals surface area contributed by atoms with Crippen LogP contribution in [0.15, 0.2) is 24.3 Å². The van der Waals surface area contributed by atoms with Crippen LogP contribution in [0.2, 0.25) is 0 Å². The van der Waals surface area contributed by atoms with Gasteiger partial charge in [0, 0.05) is 12.3 Å². The predicted molar refractivity (Wildman–Crippen MR) is 83.4 cm³/mol. The van der Waals surface area contributed by atoms with Crippen molar-refractivity contribution in [2.24, 2.45) is 0 Å². The lowest BCUT2D eigenvalue weighted by Crippen LogP contribution is -2.48. The lowest BCUT2D eigenvalue weighted by atomic mass is 9.92. The summed E-state index contributed by atoms with van der Waals surface area (Å²) in [6.07, 6.45) is 0. The highest BCUT2D eigenvalue weighted by Crippen LogP contribution is 2.24. The minimum atomic E-state index is -0.838. The van der Waals surface area contributed by atoms with Crippen molar-refractivity contribution in [3.63, 3.8) is 0 Å². The normalized spacial score (nSPS) is 13.6. The molecule has 0 aliphatic rings. The molecular formula is C15H23NO3S. The first-order valence-corrected chi connectivity index (χ1v) is 7.79. The molecule has 0 spiro atoms. The largest absolute Gasteiger partial charge is 0.497 e. The monoisotopic (exact) mass is 297 g/mol. The second-order valence-corrected chi connectivity index (χ2v) is 5.86. The first-order chi connectivity index (χ1) is 9.58. The van der Waals surface area contributed by atoms with Gasteiger partial charge in [-0.05, 0) is 30.4 Å². The maximum atomic E-state index is 12.1. The predicted octanol–water partition coefficient (Wildman–Crippen LogP) is 2.43. The number of carbonyl (C=O) groups is 1. The third-order valence-corrected chi connectivity index (χ3v) is 4.09. The topological polar surface area (TPSA) is 47.6 Å². The fourth-order valence-corrected chi connectivity index (χ4v) is 2.47. The number of hydrogen-bond donors (Lipinski definition) is 1. The van der Waals surface area contributed by atoms with Crippen LogP contribution in [0.1, 0.15) is 19.4 Å². The molecule has 20 heavy (non-hydrogen) atoms. The smallest absolute Gasteiger partial charge is 0.330 e. The van der Waals surface area contributed by atoms with Crippen LogP contribution in [0.4, 0.5) is 0 Å². The molecule has 5 heteroatoms. The minimum absolute atomic E-state index is 0.288. The number of nitrogens with one attached hydrogen (secondary N) is 1. The van der Waals surface area contributed by atoms with Gasteiger partial charge in [-0.15, -0.1) is 0 Å². The van der Waals surface area contributed by atoms with Crippen LogP contribution in [-0.2, 0) is 15.1 Å². The van der Waals surface area contributed by atoms with Crippen molar-refractivity contribution in [2.45, 2.75) is 19.4 Å². The molecule has 112 valence electrons. The number of ether oxygens (including phenoxy) is 2. The number of esters is 1. The molecule has 0 aliphatic carbocycles. The van der Waals surface area contributed by atoms with Crippen LogP contribution in [0.25, 0.3) is 0 Å². The van der Waals surface area contributed by atoms with E-state index in [0.29, 0.717) is 0 Å². The summed E-state index contributed by atoms with van der Waals surface area (Å²) in [5.41, 5.74) is 0.0293. The molecule has 1 aromatic carbocycles. The Morgan fingerprint density at radius 2 is 1.95 bits per heavy atom. The van der Waals surface area contributed by atoms with Gasteiger partial charge >= 0.3 is 5.97 Å². The molecule has 0 amide bonds. The van der Waals surface area contributed by atoms with Crippen molar-refractivity contribution >= 4 is 17.7 Å². The molecule has 0 aliphatic heterocycles. The van der Waals surface area contributed by atoms with E-state index in [1.54, 1.807) is 7.11 Å². The van der Waals surface area contributed by atoms with Crippen LogP contribution in [0.3, 0.4) is 0 Å². The Morgan fingerprint density at radius 1 is 1.30 bits per heavy atom. The summed E-state index contributed by atoms with van der Waals surface area (Å²) in [5, 5.41) is 3.30. The number of methoxy groups -OCH3 is 2. The van der Waals surface area contributed by atoms with E-state index in [1.165, 1.54) is 7.11 Å². The average Bonchev–Trinajstić information content (AvgIpc) is 2.50. The maximum Gasteiger partial charge on any atom is 0.330 e. The van der Waals surface area contributed by atoms with Crippen LogP contribution in [-0.4, -0.2) is 38.2 Å². The van der Waals surface area contributed by atoms with E-state index in [1.807, 2.05) is 43.0 Å². The zero-order valence-electron chi connectivity index (χ0n) is 12.6. The molecule has 0 saturated heterocycles. The standard InChI is InChI=1S/C15H23NO3S/c1-5-20-11-10-16-15(2,14(17)19-4)12-6-8-13(18-3)9-7-12/h6-9,16H,5,10-11H2,1-4H3. The number of benzene rings is 1. The van der Waals surface area contributed by atoms with E-state index in [2.05, 4.69) is 12.2 Å². The van der Waals surface area contributed by atoms with E-state index in [0.717, 1.165) is 29.4 Å². The zero-order valence-corrected chi connectivity index (χ0v) is 13.4. The Kier molecular flexibility index (Phi) is 6.88. The Morgan fingerprint density at radius 3 is 2.45 bits per heavy atom. The summed E-state index contributed by atoms with van der Waals surface area (Å²) in [6.45, 7) is 4.71. The van der Waals surface area contributed by atoms with E-state index in [9.17, 15) is 4.79 Å². The molecule has 0 heterocycles. The maximum absolute atomic E-state index is 12.1. The quantitative estimate of drug-likeness (QED) is 0.590. The van der Waals surface area contributed by atoms with Gasteiger partial charge in [0.05, 0.1) is 14.2 Å². The number of rotatable bonds is 8. The molecule has 0 bridgehead atoms. The SMILES string of the molecule is CCSCCNC(C)(C(=O)OC)c1ccc(OC)cc1. The first-order valence-electron chi connectivity index (χ1n) is 6.64. The Hall–Kier alpha value is -1.20. The molecular weight excluding hydrogens is 274 g/mol. The summed E-state index contributed by atoms with van der Waals surface area (Å²) < 4.78 is 10.1. The highest BCUT2D eigenvalue weighted by atomic mass is 32.2. The first kappa shape index (κ1) is 16.9. The Bertz CT molecular complexity index is 422. The van der Waals surface area contributed by atoms with Gasteiger partial charge in [-0.2, -0.15) is 11.8 Å². The van der Waals surface area contributed by atoms with Gasteiger partial charge < -0.3 is 9.47 Å². The second kappa shape index (κ2) is 8.17. The van der Waals surface area contributed by atoms with E-state index >= 15 is 0 Å². The van der Waals surface area contributed by atoms with Crippen molar-refractivity contribution in [2.75, 3.05) is 32.3 Å². The fourth-order valence-electron chi connectivity index (χ4n) is 1.94. The molecule has 0 saturated carbocycles. The molecule has 0 radical (unpaired) electrons. The van der Waals surface area contributed by atoms with Crippen molar-refractivity contribution < 1.29 is 14.3 Å². The lowest BCUT2D eigenvalue weighted by molar-refractivity contribution is -0.148. The van der Waals surface area contributed by atoms with Gasteiger partial charge in [0.25, 0.3) is 0 Å². The van der Waals surface area contributed by atoms with E-state index < -0.39 is 5.54 Å². The van der Waals surface area contributed by atoms with Crippen molar-refractivity contribution in [3.8, 4) is 5.75 Å². The highest BCUT2D eigenvalue weighted by Gasteiger charge is 2.35. The van der Waals surface area contributed by atoms with Gasteiger partial charge in [0.15, 0.2) is 0 Å². The molecule has 1 N–H and O–H groups in total. The molecule has 0 aromatic heterocycles. The van der Waals surface area contributed by atoms with Crippen LogP contribution < -0.4 is 10.1 Å². The van der Waals surface area contributed by atoms with E-state index in [-0.39, 0.29) is 5.97 Å². The summed E-state index contributed by atoms with van der Waals surface area (Å²) in [4.78, 5) is 12.1. The third-order valence-electron chi connectivity index (χ3n) is 3.19. The summed E-state index contributed by atoms with van der Waals surface area (Å²) in [6, 6.07) is 7.46. The number of carbonyl (C=O) groups excluding carboxylic acids is 1. The number of thioether (sulfide) groups is 1. The Labute approximate surface area is 125 Å². The van der Waals surface area contributed by atoms with Gasteiger partial charge in [-0.1, -0.05) is 19.1 Å². The van der Waals surface area contributed by atoms with Gasteiger partial charge in [-0.25, -0.2) is 4.79 Å². The average molecular weight is 297 g/mol. The minimum Gasteiger partial charge on any atom is -0.497 e. The summed E-state index contributed by atoms with van der Waals surface area (Å²) >= 11 is 1.83. The van der Waals surface area contributed by atoms with E-state index in [4.69, 9.17) is 9.47 Å². The summed E-state index contributed by atoms with van der Waals surface area (Å²) in [5.74, 6) is 2.50. The Balaban J connectivity index is 2.88. The van der Waals surface area contributed by atoms with Crippen molar-refractivity contribution in [1.82, 2.24) is 5.32 Å². The van der Waals surface area contributed by atoms with Gasteiger partial charge in [0.1, 0.15) is 11.3 Å². The molecule has 0 fully saturated rings. The summed E-state index contributed by atoms with van der Waals surface area (Å²) in [7, 11) is 3.03. The molecule has 1 atom stereocenters. The second-order valence-electron chi connectivity index (χ2n) is 4.47. The zero-order chi connectivity index (χ0) is 15.0. The molecule has 4 nitrogen and oxygen atoms in total. The van der Waals surface area contributed by atoms with Gasteiger partial charge in [-0.3, -0.25) is 5.32 Å². The van der Waals surface area contributed by atoms with Crippen LogP contribution in [0.5, 0.6) is 5.75 Å². The lowest BCUT2D eigenvalue weighted by Gasteiger charge is -2.28. The van der Waals surface area contributed by atoms with Crippen molar-refractivity contribution in [1.29, 1.82) is 0 Å². The van der Waals surface area contributed by atoms with Crippen molar-refractivity contribution in [3.05, 3.63) is 29.8 Å². The van der Waals surface area contributed by atoms with Gasteiger partial charge in [0.2, 0.25) is 0 Å². The molecule has 1 unspecified atom stereocenters. The highest BCUT2D eigenvalue weighted by molar-refractivity contribution is 7.99. The number of hydrogen-bond acceptors (Lipinski definition) is 5. The van der Waals surface area contributed by atoms with Crippen LogP contribution >= 0.6 is 11.8 Å². The fraction of sp³-hybridized carbons (Fsp3) is 0.533. The molecule has 1 aromatic rings.